The summed E-state index contributed by atoms with van der Waals surface area (Å²) in [6, 6.07) is 6.38. The molecule has 0 bridgehead atoms. The Morgan fingerprint density at radius 3 is 2.52 bits per heavy atom. The minimum absolute atomic E-state index is 0.151. The SMILES string of the molecule is Cc1nc(CNC(=O)Cc2ccc(O)cc2)sc1C(=O)O. The van der Waals surface area contributed by atoms with E-state index in [0.717, 1.165) is 16.9 Å². The summed E-state index contributed by atoms with van der Waals surface area (Å²) in [5.41, 5.74) is 1.24. The standard InChI is InChI=1S/C14H14N2O4S/c1-8-13(14(19)20)21-12(16-8)7-15-11(18)6-9-2-4-10(17)5-3-9/h2-5,17H,6-7H2,1H3,(H,15,18)(H,19,20). The van der Waals surface area contributed by atoms with E-state index in [9.17, 15) is 9.59 Å². The van der Waals surface area contributed by atoms with Crippen molar-refractivity contribution >= 4 is 23.2 Å². The van der Waals surface area contributed by atoms with Gasteiger partial charge in [0.2, 0.25) is 5.91 Å². The van der Waals surface area contributed by atoms with Crippen molar-refractivity contribution in [2.75, 3.05) is 0 Å². The van der Waals surface area contributed by atoms with Crippen molar-refractivity contribution in [1.82, 2.24) is 10.3 Å². The van der Waals surface area contributed by atoms with Gasteiger partial charge in [-0.3, -0.25) is 4.79 Å². The zero-order valence-electron chi connectivity index (χ0n) is 11.3. The molecular formula is C14H14N2O4S. The molecular weight excluding hydrogens is 292 g/mol. The third-order valence-electron chi connectivity index (χ3n) is 2.77. The number of hydrogen-bond acceptors (Lipinski definition) is 5. The van der Waals surface area contributed by atoms with E-state index in [1.807, 2.05) is 0 Å². The number of carbonyl (C=O) groups is 2. The minimum atomic E-state index is -1.01. The fourth-order valence-corrected chi connectivity index (χ4v) is 2.61. The van der Waals surface area contributed by atoms with Gasteiger partial charge in [0.15, 0.2) is 0 Å². The number of amides is 1. The number of phenolic OH excluding ortho intramolecular Hbond substituents is 1. The first-order chi connectivity index (χ1) is 9.95. The van der Waals surface area contributed by atoms with Gasteiger partial charge in [-0.05, 0) is 24.6 Å². The molecule has 6 nitrogen and oxygen atoms in total. The topological polar surface area (TPSA) is 99.5 Å². The maximum Gasteiger partial charge on any atom is 0.347 e. The van der Waals surface area contributed by atoms with E-state index in [4.69, 9.17) is 10.2 Å². The van der Waals surface area contributed by atoms with Crippen molar-refractivity contribution in [3.63, 3.8) is 0 Å². The van der Waals surface area contributed by atoms with Crippen LogP contribution in [0.1, 0.15) is 25.9 Å². The van der Waals surface area contributed by atoms with E-state index in [1.165, 1.54) is 12.1 Å². The number of nitrogens with one attached hydrogen (secondary N) is 1. The maximum absolute atomic E-state index is 11.8. The van der Waals surface area contributed by atoms with Crippen LogP contribution in [0, 0.1) is 6.92 Å². The van der Waals surface area contributed by atoms with Crippen LogP contribution in [0.5, 0.6) is 5.75 Å². The number of carboxylic acids is 1. The third kappa shape index (κ3) is 4.03. The number of carbonyl (C=O) groups excluding carboxylic acids is 1. The van der Waals surface area contributed by atoms with E-state index in [0.29, 0.717) is 10.7 Å². The molecule has 2 rings (SSSR count). The number of carboxylic acid groups (broad SMARTS) is 1. The van der Waals surface area contributed by atoms with E-state index in [1.54, 1.807) is 19.1 Å². The van der Waals surface area contributed by atoms with Gasteiger partial charge in [0.25, 0.3) is 0 Å². The molecule has 110 valence electrons. The lowest BCUT2D eigenvalue weighted by Gasteiger charge is -2.03. The summed E-state index contributed by atoms with van der Waals surface area (Å²) < 4.78 is 0. The fourth-order valence-electron chi connectivity index (χ4n) is 1.76. The average molecular weight is 306 g/mol. The first-order valence-corrected chi connectivity index (χ1v) is 7.01. The quantitative estimate of drug-likeness (QED) is 0.781. The Bertz CT molecular complexity index is 664. The largest absolute Gasteiger partial charge is 0.508 e. The fraction of sp³-hybridized carbons (Fsp3) is 0.214. The molecule has 0 fully saturated rings. The Balaban J connectivity index is 1.90. The molecule has 0 radical (unpaired) electrons. The third-order valence-corrected chi connectivity index (χ3v) is 3.92. The highest BCUT2D eigenvalue weighted by Gasteiger charge is 2.14. The molecule has 0 spiro atoms. The second-order valence-electron chi connectivity index (χ2n) is 4.45. The van der Waals surface area contributed by atoms with Crippen LogP contribution in [0.3, 0.4) is 0 Å². The van der Waals surface area contributed by atoms with Crippen molar-refractivity contribution < 1.29 is 19.8 Å². The number of aromatic nitrogens is 1. The lowest BCUT2D eigenvalue weighted by Crippen LogP contribution is -2.24. The number of phenols is 1. The number of thiazole rings is 1. The van der Waals surface area contributed by atoms with Crippen LogP contribution in [0.2, 0.25) is 0 Å². The highest BCUT2D eigenvalue weighted by Crippen LogP contribution is 2.17. The summed E-state index contributed by atoms with van der Waals surface area (Å²) in [5.74, 6) is -1.05. The van der Waals surface area contributed by atoms with Crippen LogP contribution in [-0.4, -0.2) is 27.1 Å². The van der Waals surface area contributed by atoms with Crippen molar-refractivity contribution in [1.29, 1.82) is 0 Å². The number of hydrogen-bond donors (Lipinski definition) is 3. The summed E-state index contributed by atoms with van der Waals surface area (Å²) in [6.45, 7) is 1.83. The van der Waals surface area contributed by atoms with Crippen LogP contribution in [0.4, 0.5) is 0 Å². The summed E-state index contributed by atoms with van der Waals surface area (Å²) in [4.78, 5) is 27.0. The molecule has 1 aromatic carbocycles. The first-order valence-electron chi connectivity index (χ1n) is 6.20. The molecule has 0 saturated carbocycles. The zero-order chi connectivity index (χ0) is 15.4. The van der Waals surface area contributed by atoms with E-state index < -0.39 is 5.97 Å². The van der Waals surface area contributed by atoms with Crippen molar-refractivity contribution in [2.45, 2.75) is 19.9 Å². The van der Waals surface area contributed by atoms with Gasteiger partial charge in [-0.2, -0.15) is 0 Å². The highest BCUT2D eigenvalue weighted by molar-refractivity contribution is 7.13. The Labute approximate surface area is 125 Å². The Morgan fingerprint density at radius 1 is 1.29 bits per heavy atom. The maximum atomic E-state index is 11.8. The lowest BCUT2D eigenvalue weighted by molar-refractivity contribution is -0.120. The minimum Gasteiger partial charge on any atom is -0.508 e. The molecule has 0 aliphatic heterocycles. The van der Waals surface area contributed by atoms with Crippen molar-refractivity contribution in [2.24, 2.45) is 0 Å². The smallest absolute Gasteiger partial charge is 0.347 e. The molecule has 0 saturated heterocycles. The Hall–Kier alpha value is -2.41. The molecule has 21 heavy (non-hydrogen) atoms. The van der Waals surface area contributed by atoms with Gasteiger partial charge in [0.1, 0.15) is 15.6 Å². The number of aromatic hydroxyl groups is 1. The van der Waals surface area contributed by atoms with Crippen LogP contribution in [0.25, 0.3) is 0 Å². The van der Waals surface area contributed by atoms with Gasteiger partial charge >= 0.3 is 5.97 Å². The number of benzene rings is 1. The van der Waals surface area contributed by atoms with Crippen molar-refractivity contribution in [3.05, 3.63) is 45.4 Å². The average Bonchev–Trinajstić information content (AvgIpc) is 2.81. The zero-order valence-corrected chi connectivity index (χ0v) is 12.1. The molecule has 7 heteroatoms. The summed E-state index contributed by atoms with van der Waals surface area (Å²) in [7, 11) is 0. The van der Waals surface area contributed by atoms with Gasteiger partial charge in [0, 0.05) is 0 Å². The van der Waals surface area contributed by atoms with Crippen LogP contribution >= 0.6 is 11.3 Å². The van der Waals surface area contributed by atoms with Crippen LogP contribution in [0.15, 0.2) is 24.3 Å². The predicted molar refractivity (Wildman–Crippen MR) is 77.5 cm³/mol. The molecule has 0 aliphatic rings. The molecule has 3 N–H and O–H groups in total. The van der Waals surface area contributed by atoms with Gasteiger partial charge in [-0.15, -0.1) is 11.3 Å². The predicted octanol–water partition coefficient (Wildman–Crippen LogP) is 1.71. The van der Waals surface area contributed by atoms with Crippen LogP contribution < -0.4 is 5.32 Å². The molecule has 0 unspecified atom stereocenters. The second kappa shape index (κ2) is 6.36. The highest BCUT2D eigenvalue weighted by atomic mass is 32.1. The summed E-state index contributed by atoms with van der Waals surface area (Å²) >= 11 is 1.06. The molecule has 1 heterocycles. The second-order valence-corrected chi connectivity index (χ2v) is 5.53. The molecule has 1 amide bonds. The number of rotatable bonds is 5. The van der Waals surface area contributed by atoms with Crippen molar-refractivity contribution in [3.8, 4) is 5.75 Å². The number of nitrogens with zero attached hydrogens (tertiary/aromatic N) is 1. The van der Waals surface area contributed by atoms with E-state index in [-0.39, 0.29) is 29.5 Å². The summed E-state index contributed by atoms with van der Waals surface area (Å²) in [6.07, 6.45) is 0.191. The van der Waals surface area contributed by atoms with E-state index in [2.05, 4.69) is 10.3 Å². The normalized spacial score (nSPS) is 10.3. The van der Waals surface area contributed by atoms with Gasteiger partial charge in [-0.1, -0.05) is 12.1 Å². The Kier molecular flexibility index (Phi) is 4.54. The van der Waals surface area contributed by atoms with Gasteiger partial charge in [0.05, 0.1) is 18.7 Å². The van der Waals surface area contributed by atoms with Gasteiger partial charge in [-0.25, -0.2) is 9.78 Å². The summed E-state index contributed by atoms with van der Waals surface area (Å²) in [5, 5.41) is 21.4. The van der Waals surface area contributed by atoms with Crippen LogP contribution in [-0.2, 0) is 17.8 Å². The number of aromatic carboxylic acids is 1. The first kappa shape index (κ1) is 15.0. The van der Waals surface area contributed by atoms with E-state index >= 15 is 0 Å². The molecule has 0 aliphatic carbocycles. The lowest BCUT2D eigenvalue weighted by atomic mass is 10.1. The molecule has 1 aromatic heterocycles. The molecule has 2 aromatic rings. The Morgan fingerprint density at radius 2 is 1.95 bits per heavy atom. The van der Waals surface area contributed by atoms with Gasteiger partial charge < -0.3 is 15.5 Å². The molecule has 0 atom stereocenters. The monoisotopic (exact) mass is 306 g/mol. The number of aryl methyl sites for hydroxylation is 1.